The number of carboxylic acids is 1. The molecule has 0 saturated heterocycles. The summed E-state index contributed by atoms with van der Waals surface area (Å²) in [5.74, 6) is -3.18. The van der Waals surface area contributed by atoms with E-state index in [0.717, 1.165) is 0 Å². The Balaban J connectivity index is 0.000000719. The molecule has 0 saturated carbocycles. The number of halogens is 3. The van der Waals surface area contributed by atoms with E-state index in [-0.39, 0.29) is 34.4 Å². The number of nitrogens with zero attached hydrogens (tertiary/aromatic N) is 6. The van der Waals surface area contributed by atoms with Gasteiger partial charge >= 0.3 is 12.1 Å². The van der Waals surface area contributed by atoms with Crippen LogP contribution < -0.4 is 0 Å². The number of aliphatic carboxylic acids is 1. The summed E-state index contributed by atoms with van der Waals surface area (Å²) in [5.41, 5.74) is 0.187. The van der Waals surface area contributed by atoms with Crippen molar-refractivity contribution < 1.29 is 75.0 Å². The van der Waals surface area contributed by atoms with Gasteiger partial charge in [0.05, 0.1) is 10.8 Å². The van der Waals surface area contributed by atoms with E-state index in [0.29, 0.717) is 33.2 Å². The summed E-state index contributed by atoms with van der Waals surface area (Å²) in [6.07, 6.45) is -5.08. The number of rotatable bonds is 4. The highest BCUT2D eigenvalue weighted by molar-refractivity contribution is 7.91. The summed E-state index contributed by atoms with van der Waals surface area (Å²) in [7, 11) is -24.6. The lowest BCUT2D eigenvalue weighted by atomic mass is 10.1. The van der Waals surface area contributed by atoms with Crippen molar-refractivity contribution >= 4 is 90.6 Å². The fourth-order valence-corrected chi connectivity index (χ4v) is 11.7. The first-order valence-corrected chi connectivity index (χ1v) is 22.6. The maximum Gasteiger partial charge on any atom is 0.490 e. The standard InChI is InChI=1S/C32H18N8O12S4.C2HF3O2/c41-53(42,43)21-19-20(22(54(44,45)46)24(56(50,51)52)23(21)55(47,48)49)32-39-30-18-12-6-4-10-16(18)28(37-30)35-26-14-8-2-1-7-13(14)25(33-26)34-27-15-9-3-5-11-17(15)29(36-27)38-31(19)40-32;3-2(4,5)1(6)7/h1-12H,(H,41,42,43)(H,44,45,46)(H,47,48,49)(H,50,51,52)(H2,33,34,35,36,37,38,39,40);(H,6,7). The lowest BCUT2D eigenvalue weighted by Crippen LogP contribution is -2.21. The number of hydrogen-bond acceptors (Lipinski definition) is 15. The Bertz CT molecular complexity index is 3610. The third-order valence-corrected chi connectivity index (χ3v) is 13.2. The van der Waals surface area contributed by atoms with Gasteiger partial charge in [0.2, 0.25) is 0 Å². The normalized spacial score (nSPS) is 13.0. The van der Waals surface area contributed by atoms with Gasteiger partial charge in [0.1, 0.15) is 42.2 Å². The van der Waals surface area contributed by atoms with Crippen LogP contribution >= 0.6 is 0 Å². The van der Waals surface area contributed by atoms with Crippen LogP contribution in [0.15, 0.2) is 92.4 Å². The molecule has 0 radical (unpaired) electrons. The van der Waals surface area contributed by atoms with Gasteiger partial charge in [-0.1, -0.05) is 72.8 Å². The molecule has 0 spiro atoms. The molecule has 0 atom stereocenters. The van der Waals surface area contributed by atoms with Gasteiger partial charge < -0.3 is 15.1 Å². The SMILES string of the molecule is O=C(O)C(F)(F)F.O=S(=O)(O)c1c(S(=O)(=O)O)c(S(=O)(=O)O)c2c3nc4nc(nc5[nH]c(nc6nc(nc([nH]3)c2c1S(=O)(=O)O)-c1ccccc1-6)c1ccccc51)-c1ccccc1-4. The minimum atomic E-state index is -6.24. The van der Waals surface area contributed by atoms with E-state index in [1.807, 2.05) is 0 Å². The largest absolute Gasteiger partial charge is 0.490 e. The molecule has 0 fully saturated rings. The molecule has 0 unspecified atom stereocenters. The molecule has 2 aliphatic heterocycles. The van der Waals surface area contributed by atoms with Gasteiger partial charge in [0.15, 0.2) is 23.3 Å². The second-order valence-corrected chi connectivity index (χ2v) is 18.4. The predicted octanol–water partition coefficient (Wildman–Crippen LogP) is 4.49. The first-order chi connectivity index (χ1) is 29.2. The minimum Gasteiger partial charge on any atom is -0.475 e. The van der Waals surface area contributed by atoms with Crippen LogP contribution in [0.3, 0.4) is 0 Å². The summed E-state index contributed by atoms with van der Waals surface area (Å²) in [5, 5.41) is 5.96. The highest BCUT2D eigenvalue weighted by Gasteiger charge is 2.43. The topological polar surface area (TPSA) is 364 Å². The molecule has 2 aliphatic rings. The van der Waals surface area contributed by atoms with Gasteiger partial charge in [-0.15, -0.1) is 0 Å². The molecule has 3 aromatic heterocycles. The van der Waals surface area contributed by atoms with Crippen molar-refractivity contribution in [3.8, 4) is 45.6 Å². The maximum atomic E-state index is 13.2. The first-order valence-electron chi connectivity index (χ1n) is 16.8. The van der Waals surface area contributed by atoms with Gasteiger partial charge in [0, 0.05) is 33.0 Å². The number of hydrogen-bond donors (Lipinski definition) is 7. The van der Waals surface area contributed by atoms with E-state index in [4.69, 9.17) is 19.9 Å². The van der Waals surface area contributed by atoms with Crippen molar-refractivity contribution in [2.24, 2.45) is 0 Å². The van der Waals surface area contributed by atoms with Gasteiger partial charge in [-0.2, -0.15) is 46.8 Å². The van der Waals surface area contributed by atoms with Crippen LogP contribution in [-0.4, -0.2) is 109 Å². The van der Waals surface area contributed by atoms with Crippen LogP contribution in [0.5, 0.6) is 0 Å². The van der Waals surface area contributed by atoms with Crippen LogP contribution in [0.4, 0.5) is 13.2 Å². The van der Waals surface area contributed by atoms with Crippen molar-refractivity contribution in [2.75, 3.05) is 0 Å². The number of H-pyrrole nitrogens is 2. The molecule has 0 amide bonds. The Morgan fingerprint density at radius 3 is 0.968 bits per heavy atom. The lowest BCUT2D eigenvalue weighted by molar-refractivity contribution is -0.192. The highest BCUT2D eigenvalue weighted by Crippen LogP contribution is 2.45. The number of fused-ring (bicyclic) bond motifs is 20. The zero-order valence-corrected chi connectivity index (χ0v) is 33.6. The quantitative estimate of drug-likeness (QED) is 0.119. The van der Waals surface area contributed by atoms with Gasteiger partial charge in [-0.3, -0.25) is 18.2 Å². The first kappa shape index (κ1) is 42.8. The number of carboxylic acid groups (broad SMARTS) is 1. The Kier molecular flexibility index (Phi) is 9.75. The number of aromatic amines is 2. The molecular weight excluding hydrogens is 930 g/mol. The smallest absolute Gasteiger partial charge is 0.475 e. The molecule has 4 aromatic carbocycles. The van der Waals surface area contributed by atoms with E-state index >= 15 is 0 Å². The lowest BCUT2D eigenvalue weighted by Gasteiger charge is -2.14. The molecule has 63 heavy (non-hydrogen) atoms. The number of aromatic nitrogens is 8. The third kappa shape index (κ3) is 7.49. The average Bonchev–Trinajstić information content (AvgIpc) is 3.91. The molecule has 0 aliphatic carbocycles. The van der Waals surface area contributed by atoms with Crippen LogP contribution in [0, 0.1) is 0 Å². The zero-order chi connectivity index (χ0) is 45.8. The summed E-state index contributed by atoms with van der Waals surface area (Å²) in [6, 6.07) is 19.9. The van der Waals surface area contributed by atoms with Crippen LogP contribution in [0.25, 0.3) is 89.7 Å². The molecule has 22 nitrogen and oxygen atoms in total. The van der Waals surface area contributed by atoms with Crippen LogP contribution in [0.1, 0.15) is 0 Å². The predicted molar refractivity (Wildman–Crippen MR) is 209 cm³/mol. The van der Waals surface area contributed by atoms with Crippen molar-refractivity contribution in [1.82, 2.24) is 39.9 Å². The molecule has 9 rings (SSSR count). The highest BCUT2D eigenvalue weighted by atomic mass is 32.2. The zero-order valence-electron chi connectivity index (χ0n) is 30.3. The fraction of sp³-hybridized carbons (Fsp3) is 0.0294. The van der Waals surface area contributed by atoms with Crippen molar-refractivity contribution in [3.05, 3.63) is 72.8 Å². The molecule has 7 N–H and O–H groups in total. The summed E-state index contributed by atoms with van der Waals surface area (Å²) in [6.45, 7) is 0. The Morgan fingerprint density at radius 1 is 0.444 bits per heavy atom. The number of nitrogens with one attached hydrogen (secondary N) is 2. The number of carbonyl (C=O) groups is 1. The van der Waals surface area contributed by atoms with Crippen molar-refractivity contribution in [1.29, 1.82) is 0 Å². The number of alkyl halides is 3. The fourth-order valence-electron chi connectivity index (χ4n) is 6.75. The molecule has 8 bridgehead atoms. The Hall–Kier alpha value is -6.86. The molecular formula is C34H19F3N8O14S4. The van der Waals surface area contributed by atoms with E-state index in [9.17, 15) is 65.1 Å². The molecule has 29 heteroatoms. The van der Waals surface area contributed by atoms with Crippen molar-refractivity contribution in [2.45, 2.75) is 25.8 Å². The molecule has 7 aromatic rings. The van der Waals surface area contributed by atoms with Crippen LogP contribution in [0.2, 0.25) is 0 Å². The van der Waals surface area contributed by atoms with Gasteiger partial charge in [-0.25, -0.2) is 34.7 Å². The van der Waals surface area contributed by atoms with Gasteiger partial charge in [-0.05, 0) is 0 Å². The maximum absolute atomic E-state index is 13.2. The Labute approximate surface area is 348 Å². The van der Waals surface area contributed by atoms with Gasteiger partial charge in [0.25, 0.3) is 40.5 Å². The number of benzene rings is 4. The summed E-state index contributed by atoms with van der Waals surface area (Å²) in [4.78, 5) is 33.4. The van der Waals surface area contributed by atoms with E-state index in [1.165, 1.54) is 12.1 Å². The third-order valence-electron chi connectivity index (χ3n) is 9.09. The average molecular weight is 949 g/mol. The summed E-state index contributed by atoms with van der Waals surface area (Å²) >= 11 is 0. The minimum absolute atomic E-state index is 0.0471. The van der Waals surface area contributed by atoms with E-state index < -0.39 is 94.3 Å². The van der Waals surface area contributed by atoms with E-state index in [1.54, 1.807) is 60.7 Å². The molecule has 324 valence electrons. The second-order valence-electron chi connectivity index (χ2n) is 13.0. The monoisotopic (exact) mass is 948 g/mol. The second kappa shape index (κ2) is 14.3. The molecule has 5 heterocycles. The Morgan fingerprint density at radius 2 is 0.698 bits per heavy atom. The van der Waals surface area contributed by atoms with Crippen molar-refractivity contribution in [3.63, 3.8) is 0 Å². The van der Waals surface area contributed by atoms with E-state index in [2.05, 4.69) is 29.9 Å². The summed E-state index contributed by atoms with van der Waals surface area (Å²) < 4.78 is 177. The van der Waals surface area contributed by atoms with Crippen LogP contribution in [-0.2, 0) is 45.3 Å².